The molecule has 9 aromatic carbocycles. The van der Waals surface area contributed by atoms with Crippen LogP contribution in [0.1, 0.15) is 0 Å². The molecule has 0 aliphatic heterocycles. The van der Waals surface area contributed by atoms with Gasteiger partial charge in [-0.1, -0.05) is 176 Å². The van der Waals surface area contributed by atoms with Gasteiger partial charge in [0.2, 0.25) is 0 Å². The second-order valence-corrected chi connectivity index (χ2v) is 15.9. The van der Waals surface area contributed by atoms with Crippen LogP contribution in [-0.4, -0.2) is 24.5 Å². The molecule has 294 valence electrons. The molecular formula is C58H37N5. The summed E-state index contributed by atoms with van der Waals surface area (Å²) in [6.45, 7) is 0. The number of benzene rings is 9. The molecule has 3 heterocycles. The Morgan fingerprint density at radius 1 is 0.302 bits per heavy atom. The van der Waals surface area contributed by atoms with Gasteiger partial charge < -0.3 is 4.57 Å². The Morgan fingerprint density at radius 2 is 0.810 bits per heavy atom. The van der Waals surface area contributed by atoms with Gasteiger partial charge in [0, 0.05) is 44.1 Å². The van der Waals surface area contributed by atoms with Gasteiger partial charge in [-0.15, -0.1) is 0 Å². The number of hydrogen-bond acceptors (Lipinski definition) is 4. The summed E-state index contributed by atoms with van der Waals surface area (Å²) in [7, 11) is 0. The van der Waals surface area contributed by atoms with Gasteiger partial charge in [-0.25, -0.2) is 19.9 Å². The maximum Gasteiger partial charge on any atom is 0.164 e. The normalized spacial score (nSPS) is 11.5. The van der Waals surface area contributed by atoms with Crippen LogP contribution in [0.25, 0.3) is 117 Å². The molecule has 63 heavy (non-hydrogen) atoms. The minimum atomic E-state index is 0.609. The molecule has 3 aromatic heterocycles. The molecule has 12 aromatic rings. The molecule has 0 spiro atoms. The van der Waals surface area contributed by atoms with Gasteiger partial charge in [0.05, 0.1) is 22.2 Å². The lowest BCUT2D eigenvalue weighted by Crippen LogP contribution is -2.01. The van der Waals surface area contributed by atoms with Crippen LogP contribution in [0, 0.1) is 0 Å². The molecule has 0 atom stereocenters. The molecule has 5 heteroatoms. The van der Waals surface area contributed by atoms with Gasteiger partial charge >= 0.3 is 0 Å². The third kappa shape index (κ3) is 6.51. The molecule has 0 aliphatic rings. The van der Waals surface area contributed by atoms with Crippen LogP contribution in [0.4, 0.5) is 0 Å². The summed E-state index contributed by atoms with van der Waals surface area (Å²) in [5.41, 5.74) is 13.6. The molecule has 0 saturated carbocycles. The number of rotatable bonds is 7. The van der Waals surface area contributed by atoms with Gasteiger partial charge in [-0.2, -0.15) is 0 Å². The number of hydrogen-bond donors (Lipinski definition) is 0. The second kappa shape index (κ2) is 15.2. The zero-order valence-corrected chi connectivity index (χ0v) is 34.1. The Kier molecular flexibility index (Phi) is 8.75. The third-order valence-corrected chi connectivity index (χ3v) is 12.0. The molecule has 5 nitrogen and oxygen atoms in total. The number of nitrogens with zero attached hydrogens (tertiary/aromatic N) is 5. The molecule has 0 amide bonds. The van der Waals surface area contributed by atoms with Gasteiger partial charge in [0.1, 0.15) is 0 Å². The van der Waals surface area contributed by atoms with E-state index in [0.29, 0.717) is 17.5 Å². The fourth-order valence-corrected chi connectivity index (χ4v) is 9.01. The second-order valence-electron chi connectivity index (χ2n) is 15.9. The Labute approximate surface area is 364 Å². The van der Waals surface area contributed by atoms with Gasteiger partial charge in [0.15, 0.2) is 17.5 Å². The molecule has 12 rings (SSSR count). The first-order valence-corrected chi connectivity index (χ1v) is 21.2. The molecule has 0 radical (unpaired) electrons. The minimum Gasteiger partial charge on any atom is -0.309 e. The zero-order chi connectivity index (χ0) is 41.7. The maximum atomic E-state index is 5.23. The number of pyridine rings is 1. The number of fused-ring (bicyclic) bond motifs is 6. The monoisotopic (exact) mass is 803 g/mol. The van der Waals surface area contributed by atoms with E-state index in [2.05, 4.69) is 205 Å². The van der Waals surface area contributed by atoms with E-state index in [-0.39, 0.29) is 0 Å². The molecule has 0 N–H and O–H groups in total. The van der Waals surface area contributed by atoms with E-state index in [0.717, 1.165) is 88.6 Å². The van der Waals surface area contributed by atoms with E-state index in [1.54, 1.807) is 0 Å². The van der Waals surface area contributed by atoms with Crippen molar-refractivity contribution < 1.29 is 0 Å². The van der Waals surface area contributed by atoms with E-state index in [4.69, 9.17) is 19.9 Å². The van der Waals surface area contributed by atoms with Crippen LogP contribution in [-0.2, 0) is 0 Å². The van der Waals surface area contributed by atoms with Crippen LogP contribution in [0.2, 0.25) is 0 Å². The summed E-state index contributed by atoms with van der Waals surface area (Å²) in [5, 5.41) is 5.88. The Bertz CT molecular complexity index is 3620. The van der Waals surface area contributed by atoms with Crippen molar-refractivity contribution in [3.63, 3.8) is 0 Å². The van der Waals surface area contributed by atoms with Crippen molar-refractivity contribution in [2.45, 2.75) is 0 Å². The zero-order valence-electron chi connectivity index (χ0n) is 34.1. The van der Waals surface area contributed by atoms with Crippen molar-refractivity contribution in [1.29, 1.82) is 0 Å². The van der Waals surface area contributed by atoms with E-state index >= 15 is 0 Å². The summed E-state index contributed by atoms with van der Waals surface area (Å²) < 4.78 is 2.33. The van der Waals surface area contributed by atoms with Crippen molar-refractivity contribution in [2.75, 3.05) is 0 Å². The first-order chi connectivity index (χ1) is 31.2. The summed E-state index contributed by atoms with van der Waals surface area (Å²) in [5.74, 6) is 1.84. The highest BCUT2D eigenvalue weighted by Crippen LogP contribution is 2.39. The van der Waals surface area contributed by atoms with E-state index in [1.165, 1.54) is 10.8 Å². The van der Waals surface area contributed by atoms with E-state index in [1.807, 2.05) is 24.3 Å². The summed E-state index contributed by atoms with van der Waals surface area (Å²) in [6.07, 6.45) is 0. The van der Waals surface area contributed by atoms with Crippen molar-refractivity contribution in [3.05, 3.63) is 224 Å². The van der Waals surface area contributed by atoms with Crippen LogP contribution in [0.5, 0.6) is 0 Å². The Hall–Kier alpha value is -8.54. The lowest BCUT2D eigenvalue weighted by Gasteiger charge is -2.14. The van der Waals surface area contributed by atoms with Crippen molar-refractivity contribution in [2.24, 2.45) is 0 Å². The standard InChI is InChI=1S/C58H37N5/c1-4-16-38(17-5-1)50-37-52(40-18-6-2-7-19-40)59-51-33-32-39-30-31-43(36-49(39)55(50)51)42-22-14-23-44(34-42)57-60-56(41-20-8-3-9-21-41)61-58(62-57)45-24-15-25-46(35-45)63-53-28-12-10-26-47(53)48-27-11-13-29-54(48)63/h1-37H. The molecule has 0 saturated heterocycles. The van der Waals surface area contributed by atoms with Gasteiger partial charge in [0.25, 0.3) is 0 Å². The highest BCUT2D eigenvalue weighted by Gasteiger charge is 2.18. The lowest BCUT2D eigenvalue weighted by molar-refractivity contribution is 1.07. The van der Waals surface area contributed by atoms with Gasteiger partial charge in [-0.3, -0.25) is 0 Å². The van der Waals surface area contributed by atoms with Gasteiger partial charge in [-0.05, 0) is 81.6 Å². The Balaban J connectivity index is 0.993. The smallest absolute Gasteiger partial charge is 0.164 e. The molecule has 0 aliphatic carbocycles. The average molecular weight is 804 g/mol. The van der Waals surface area contributed by atoms with Crippen molar-refractivity contribution >= 4 is 43.5 Å². The summed E-state index contributed by atoms with van der Waals surface area (Å²) in [6, 6.07) is 78.7. The molecule has 0 unspecified atom stereocenters. The van der Waals surface area contributed by atoms with Crippen molar-refractivity contribution in [1.82, 2.24) is 24.5 Å². The topological polar surface area (TPSA) is 56.5 Å². The molecular weight excluding hydrogens is 767 g/mol. The average Bonchev–Trinajstić information content (AvgIpc) is 3.71. The number of aromatic nitrogens is 5. The predicted molar refractivity (Wildman–Crippen MR) is 260 cm³/mol. The number of para-hydroxylation sites is 2. The quantitative estimate of drug-likeness (QED) is 0.151. The van der Waals surface area contributed by atoms with E-state index in [9.17, 15) is 0 Å². The van der Waals surface area contributed by atoms with Crippen LogP contribution in [0.3, 0.4) is 0 Å². The van der Waals surface area contributed by atoms with E-state index < -0.39 is 0 Å². The first-order valence-electron chi connectivity index (χ1n) is 21.2. The van der Waals surface area contributed by atoms with Crippen LogP contribution >= 0.6 is 0 Å². The highest BCUT2D eigenvalue weighted by molar-refractivity contribution is 6.15. The van der Waals surface area contributed by atoms with Crippen molar-refractivity contribution in [3.8, 4) is 73.4 Å². The summed E-state index contributed by atoms with van der Waals surface area (Å²) >= 11 is 0. The third-order valence-electron chi connectivity index (χ3n) is 12.0. The lowest BCUT2D eigenvalue weighted by atomic mass is 9.92. The molecule has 0 bridgehead atoms. The summed E-state index contributed by atoms with van der Waals surface area (Å²) in [4.78, 5) is 20.7. The largest absolute Gasteiger partial charge is 0.309 e. The predicted octanol–water partition coefficient (Wildman–Crippen LogP) is 14.7. The fourth-order valence-electron chi connectivity index (χ4n) is 9.01. The van der Waals surface area contributed by atoms with Crippen LogP contribution in [0.15, 0.2) is 224 Å². The van der Waals surface area contributed by atoms with Crippen LogP contribution < -0.4 is 0 Å². The SMILES string of the molecule is c1ccc(-c2cc(-c3ccccc3)c3c(ccc4ccc(-c5cccc(-c6nc(-c7ccccc7)nc(-c7cccc(-n8c9ccccc9c9ccccc98)c7)n6)c5)cc43)n2)cc1. The minimum absolute atomic E-state index is 0.609. The fraction of sp³-hybridized carbons (Fsp3) is 0. The Morgan fingerprint density at radius 3 is 1.49 bits per heavy atom. The highest BCUT2D eigenvalue weighted by atomic mass is 15.0. The maximum absolute atomic E-state index is 5.23. The first kappa shape index (κ1) is 36.3. The molecule has 0 fully saturated rings.